The predicted octanol–water partition coefficient (Wildman–Crippen LogP) is 1.52. The van der Waals surface area contributed by atoms with Crippen LogP contribution in [0.4, 0.5) is 0 Å². The number of hydrogen-bond donors (Lipinski definition) is 1. The number of aliphatic carboxylic acids is 1. The Bertz CT molecular complexity index is 259. The molecule has 0 aromatic heterocycles. The van der Waals surface area contributed by atoms with Crippen molar-refractivity contribution in [2.24, 2.45) is 0 Å². The Morgan fingerprint density at radius 2 is 2.25 bits per heavy atom. The molecule has 0 heterocycles. The molecule has 1 saturated carbocycles. The first-order chi connectivity index (χ1) is 7.69. The topological polar surface area (TPSA) is 49.8 Å². The summed E-state index contributed by atoms with van der Waals surface area (Å²) in [5.74, 6) is -0.801. The van der Waals surface area contributed by atoms with Crippen molar-refractivity contribution in [3.8, 4) is 0 Å². The first kappa shape index (κ1) is 13.2. The van der Waals surface area contributed by atoms with Crippen LogP contribution in [0.5, 0.6) is 0 Å². The number of nitrogens with zero attached hydrogens (tertiary/aromatic N) is 1. The van der Waals surface area contributed by atoms with E-state index in [2.05, 4.69) is 4.90 Å². The van der Waals surface area contributed by atoms with Gasteiger partial charge in [0.25, 0.3) is 0 Å². The molecule has 0 aromatic rings. The van der Waals surface area contributed by atoms with Gasteiger partial charge in [0.05, 0.1) is 6.61 Å². The van der Waals surface area contributed by atoms with Gasteiger partial charge in [0, 0.05) is 31.8 Å². The lowest BCUT2D eigenvalue weighted by Gasteiger charge is -2.19. The predicted molar refractivity (Wildman–Crippen MR) is 62.5 cm³/mol. The monoisotopic (exact) mass is 227 g/mol. The highest BCUT2D eigenvalue weighted by Crippen LogP contribution is 2.26. The molecule has 0 spiro atoms. The Morgan fingerprint density at radius 1 is 1.56 bits per heavy atom. The molecule has 0 bridgehead atoms. The second-order valence-electron chi connectivity index (χ2n) is 4.11. The number of rotatable bonds is 8. The summed E-state index contributed by atoms with van der Waals surface area (Å²) in [6.07, 6.45) is 4.87. The lowest BCUT2D eigenvalue weighted by molar-refractivity contribution is -0.132. The molecule has 1 aliphatic rings. The first-order valence-electron chi connectivity index (χ1n) is 5.84. The average Bonchev–Trinajstić information content (AvgIpc) is 3.06. The number of methoxy groups -OCH3 is 1. The van der Waals surface area contributed by atoms with E-state index in [0.29, 0.717) is 24.6 Å². The zero-order valence-corrected chi connectivity index (χ0v) is 10.1. The molecule has 0 radical (unpaired) electrons. The fourth-order valence-electron chi connectivity index (χ4n) is 1.68. The molecular weight excluding hydrogens is 206 g/mol. The summed E-state index contributed by atoms with van der Waals surface area (Å²) in [5, 5.41) is 8.90. The number of carbonyl (C=O) groups is 1. The summed E-state index contributed by atoms with van der Waals surface area (Å²) in [5.41, 5.74) is 0.503. The maximum atomic E-state index is 10.8. The third-order valence-corrected chi connectivity index (χ3v) is 2.87. The number of carboxylic acid groups (broad SMARTS) is 1. The molecular formula is C12H21NO3. The summed E-state index contributed by atoms with van der Waals surface area (Å²) in [6, 6.07) is 0.637. The van der Waals surface area contributed by atoms with Crippen LogP contribution in [0, 0.1) is 0 Å². The van der Waals surface area contributed by atoms with Gasteiger partial charge in [0.15, 0.2) is 0 Å². The molecule has 0 atom stereocenters. The second kappa shape index (κ2) is 6.66. The van der Waals surface area contributed by atoms with Crippen molar-refractivity contribution in [3.63, 3.8) is 0 Å². The fourth-order valence-corrected chi connectivity index (χ4v) is 1.68. The molecule has 0 unspecified atom stereocenters. The van der Waals surface area contributed by atoms with Crippen LogP contribution in [0.2, 0.25) is 0 Å². The Kier molecular flexibility index (Phi) is 5.49. The van der Waals surface area contributed by atoms with E-state index in [-0.39, 0.29) is 0 Å². The van der Waals surface area contributed by atoms with E-state index in [1.54, 1.807) is 7.11 Å². The van der Waals surface area contributed by atoms with Crippen molar-refractivity contribution in [2.75, 3.05) is 26.8 Å². The minimum atomic E-state index is -0.801. The van der Waals surface area contributed by atoms with E-state index < -0.39 is 5.97 Å². The standard InChI is InChI=1S/C12H21NO3/c1-3-10(12(14)15)6-7-13(8-9-16-2)11-4-5-11/h6,11H,3-5,7-9H2,1-2H3,(H,14,15). The van der Waals surface area contributed by atoms with E-state index in [9.17, 15) is 4.79 Å². The van der Waals surface area contributed by atoms with Crippen molar-refractivity contribution in [1.82, 2.24) is 4.90 Å². The Morgan fingerprint density at radius 3 is 2.69 bits per heavy atom. The number of carboxylic acids is 1. The van der Waals surface area contributed by atoms with Crippen LogP contribution in [0.15, 0.2) is 11.6 Å². The highest BCUT2D eigenvalue weighted by Gasteiger charge is 2.27. The maximum absolute atomic E-state index is 10.8. The molecule has 1 N–H and O–H groups in total. The molecule has 0 aromatic carbocycles. The van der Waals surface area contributed by atoms with Gasteiger partial charge in [-0.1, -0.05) is 13.0 Å². The summed E-state index contributed by atoms with van der Waals surface area (Å²) in [6.45, 7) is 4.19. The SMILES string of the molecule is CCC(=CCN(CCOC)C1CC1)C(=O)O. The Labute approximate surface area is 96.9 Å². The third kappa shape index (κ3) is 4.33. The lowest BCUT2D eigenvalue weighted by atomic mass is 10.2. The minimum absolute atomic E-state index is 0.503. The van der Waals surface area contributed by atoms with Gasteiger partial charge in [-0.15, -0.1) is 0 Å². The second-order valence-corrected chi connectivity index (χ2v) is 4.11. The molecule has 0 saturated heterocycles. The van der Waals surface area contributed by atoms with E-state index in [1.165, 1.54) is 12.8 Å². The molecule has 4 nitrogen and oxygen atoms in total. The van der Waals surface area contributed by atoms with Crippen LogP contribution in [0.25, 0.3) is 0 Å². The zero-order valence-electron chi connectivity index (χ0n) is 10.1. The molecule has 92 valence electrons. The van der Waals surface area contributed by atoms with Crippen LogP contribution >= 0.6 is 0 Å². The highest BCUT2D eigenvalue weighted by atomic mass is 16.5. The van der Waals surface area contributed by atoms with E-state index in [0.717, 1.165) is 13.1 Å². The minimum Gasteiger partial charge on any atom is -0.478 e. The van der Waals surface area contributed by atoms with Gasteiger partial charge in [-0.05, 0) is 19.3 Å². The number of hydrogen-bond acceptors (Lipinski definition) is 3. The van der Waals surface area contributed by atoms with Crippen LogP contribution in [-0.4, -0.2) is 48.8 Å². The van der Waals surface area contributed by atoms with E-state index in [4.69, 9.17) is 9.84 Å². The smallest absolute Gasteiger partial charge is 0.331 e. The van der Waals surface area contributed by atoms with Gasteiger partial charge < -0.3 is 9.84 Å². The normalized spacial score (nSPS) is 16.8. The van der Waals surface area contributed by atoms with E-state index in [1.807, 2.05) is 13.0 Å². The fraction of sp³-hybridized carbons (Fsp3) is 0.750. The summed E-state index contributed by atoms with van der Waals surface area (Å²) < 4.78 is 5.05. The summed E-state index contributed by atoms with van der Waals surface area (Å²) in [7, 11) is 1.69. The average molecular weight is 227 g/mol. The van der Waals surface area contributed by atoms with Crippen LogP contribution in [0.3, 0.4) is 0 Å². The quantitative estimate of drug-likeness (QED) is 0.639. The van der Waals surface area contributed by atoms with Gasteiger partial charge in [-0.25, -0.2) is 4.79 Å². The summed E-state index contributed by atoms with van der Waals surface area (Å²) in [4.78, 5) is 13.1. The molecule has 1 aliphatic carbocycles. The van der Waals surface area contributed by atoms with Gasteiger partial charge in [0.2, 0.25) is 0 Å². The van der Waals surface area contributed by atoms with E-state index >= 15 is 0 Å². The van der Waals surface area contributed by atoms with Crippen molar-refractivity contribution in [2.45, 2.75) is 32.2 Å². The third-order valence-electron chi connectivity index (χ3n) is 2.87. The van der Waals surface area contributed by atoms with Gasteiger partial charge in [-0.3, -0.25) is 4.90 Å². The Hall–Kier alpha value is -0.870. The van der Waals surface area contributed by atoms with Gasteiger partial charge in [-0.2, -0.15) is 0 Å². The van der Waals surface area contributed by atoms with Crippen molar-refractivity contribution in [3.05, 3.63) is 11.6 Å². The van der Waals surface area contributed by atoms with Crippen LogP contribution in [0.1, 0.15) is 26.2 Å². The van der Waals surface area contributed by atoms with Crippen molar-refractivity contribution in [1.29, 1.82) is 0 Å². The first-order valence-corrected chi connectivity index (χ1v) is 5.84. The molecule has 1 fully saturated rings. The lowest BCUT2D eigenvalue weighted by Crippen LogP contribution is -2.30. The van der Waals surface area contributed by atoms with Crippen molar-refractivity contribution < 1.29 is 14.6 Å². The van der Waals surface area contributed by atoms with Crippen LogP contribution in [-0.2, 0) is 9.53 Å². The maximum Gasteiger partial charge on any atom is 0.331 e. The van der Waals surface area contributed by atoms with Gasteiger partial charge >= 0.3 is 5.97 Å². The zero-order chi connectivity index (χ0) is 12.0. The Balaban J connectivity index is 2.44. The van der Waals surface area contributed by atoms with Gasteiger partial charge in [0.1, 0.15) is 0 Å². The molecule has 0 amide bonds. The molecule has 16 heavy (non-hydrogen) atoms. The highest BCUT2D eigenvalue weighted by molar-refractivity contribution is 5.86. The largest absolute Gasteiger partial charge is 0.478 e. The van der Waals surface area contributed by atoms with Crippen molar-refractivity contribution >= 4 is 5.97 Å². The molecule has 4 heteroatoms. The molecule has 1 rings (SSSR count). The summed E-state index contributed by atoms with van der Waals surface area (Å²) >= 11 is 0. The van der Waals surface area contributed by atoms with Crippen LogP contribution < -0.4 is 0 Å². The number of ether oxygens (including phenoxy) is 1. The molecule has 0 aliphatic heterocycles.